The lowest BCUT2D eigenvalue weighted by Gasteiger charge is -2.58. The van der Waals surface area contributed by atoms with Gasteiger partial charge in [0.25, 0.3) is 0 Å². The Bertz CT molecular complexity index is 703. The Hall–Kier alpha value is -0.890. The number of hydrogen-bond acceptors (Lipinski definition) is 2. The van der Waals surface area contributed by atoms with Gasteiger partial charge in [0.1, 0.15) is 5.78 Å². The van der Waals surface area contributed by atoms with Crippen LogP contribution in [-0.2, 0) is 4.79 Å². The number of hydrogen-bond donors (Lipinski definition) is 1. The van der Waals surface area contributed by atoms with Gasteiger partial charge >= 0.3 is 0 Å². The highest BCUT2D eigenvalue weighted by molar-refractivity contribution is 5.78. The van der Waals surface area contributed by atoms with Crippen molar-refractivity contribution in [3.05, 3.63) is 23.3 Å². The Morgan fingerprint density at radius 2 is 1.86 bits per heavy atom. The van der Waals surface area contributed by atoms with E-state index in [9.17, 15) is 9.90 Å². The summed E-state index contributed by atoms with van der Waals surface area (Å²) < 4.78 is 0. The molecule has 0 spiro atoms. The molecule has 0 saturated heterocycles. The van der Waals surface area contributed by atoms with Gasteiger partial charge in [-0.3, -0.25) is 4.79 Å². The van der Waals surface area contributed by atoms with E-state index in [0.29, 0.717) is 22.5 Å². The lowest BCUT2D eigenvalue weighted by molar-refractivity contribution is -0.119. The Balaban J connectivity index is 1.49. The quantitative estimate of drug-likeness (QED) is 0.510. The minimum absolute atomic E-state index is 0.115. The Kier molecular flexibility index (Phi) is 5.88. The lowest BCUT2D eigenvalue weighted by Crippen LogP contribution is -2.50. The van der Waals surface area contributed by atoms with Crippen LogP contribution in [0.15, 0.2) is 23.3 Å². The molecular weight excluding hydrogens is 356 g/mol. The summed E-state index contributed by atoms with van der Waals surface area (Å²) in [6.45, 7) is 9.52. The molecule has 4 rings (SSSR count). The second-order valence-corrected chi connectivity index (χ2v) is 11.2. The van der Waals surface area contributed by atoms with Gasteiger partial charge in [-0.25, -0.2) is 0 Å². The molecule has 0 aliphatic heterocycles. The first-order valence-corrected chi connectivity index (χ1v) is 12.4. The minimum Gasteiger partial charge on any atom is -0.393 e. The molecule has 7 unspecified atom stereocenters. The summed E-state index contributed by atoms with van der Waals surface area (Å²) in [5, 5.41) is 10.2. The Morgan fingerprint density at radius 1 is 1.10 bits per heavy atom. The zero-order valence-corrected chi connectivity index (χ0v) is 19.2. The molecule has 4 aliphatic carbocycles. The Morgan fingerprint density at radius 3 is 2.62 bits per heavy atom. The van der Waals surface area contributed by atoms with E-state index in [-0.39, 0.29) is 6.10 Å². The number of rotatable bonds is 6. The first-order valence-electron chi connectivity index (χ1n) is 12.4. The highest BCUT2D eigenvalue weighted by Gasteiger charge is 2.56. The van der Waals surface area contributed by atoms with Crippen LogP contribution in [0.25, 0.3) is 0 Å². The second-order valence-electron chi connectivity index (χ2n) is 11.2. The van der Waals surface area contributed by atoms with Gasteiger partial charge in [0, 0.05) is 12.8 Å². The van der Waals surface area contributed by atoms with Crippen molar-refractivity contribution in [1.82, 2.24) is 0 Å². The van der Waals surface area contributed by atoms with Crippen LogP contribution in [0, 0.1) is 34.5 Å². The van der Waals surface area contributed by atoms with Gasteiger partial charge < -0.3 is 5.11 Å². The van der Waals surface area contributed by atoms with E-state index in [1.807, 2.05) is 0 Å². The van der Waals surface area contributed by atoms with Crippen molar-refractivity contribution < 1.29 is 9.90 Å². The molecule has 7 atom stereocenters. The molecule has 29 heavy (non-hydrogen) atoms. The maximum absolute atomic E-state index is 12.1. The number of aliphatic hydroxyl groups is 1. The molecule has 0 aromatic heterocycles. The fraction of sp³-hybridized carbons (Fsp3) is 0.815. The predicted octanol–water partition coefficient (Wildman–Crippen LogP) is 6.63. The van der Waals surface area contributed by atoms with E-state index in [0.717, 1.165) is 56.3 Å². The van der Waals surface area contributed by atoms with Crippen molar-refractivity contribution in [3.63, 3.8) is 0 Å². The van der Waals surface area contributed by atoms with Crippen LogP contribution in [0.2, 0.25) is 0 Å². The van der Waals surface area contributed by atoms with Gasteiger partial charge in [-0.15, -0.1) is 0 Å². The lowest BCUT2D eigenvalue weighted by atomic mass is 9.47. The van der Waals surface area contributed by atoms with Gasteiger partial charge in [-0.2, -0.15) is 0 Å². The summed E-state index contributed by atoms with van der Waals surface area (Å²) in [6.07, 6.45) is 16.7. The van der Waals surface area contributed by atoms with Gasteiger partial charge in [-0.05, 0) is 92.3 Å². The van der Waals surface area contributed by atoms with E-state index < -0.39 is 0 Å². The van der Waals surface area contributed by atoms with Gasteiger partial charge in [0.05, 0.1) is 6.10 Å². The summed E-state index contributed by atoms with van der Waals surface area (Å²) in [6, 6.07) is 0. The molecule has 0 aromatic rings. The smallest absolute Gasteiger partial charge is 0.132 e. The second kappa shape index (κ2) is 7.98. The average molecular weight is 399 g/mol. The van der Waals surface area contributed by atoms with Crippen LogP contribution < -0.4 is 0 Å². The van der Waals surface area contributed by atoms with Crippen LogP contribution in [0.1, 0.15) is 98.3 Å². The summed E-state index contributed by atoms with van der Waals surface area (Å²) >= 11 is 0. The van der Waals surface area contributed by atoms with Gasteiger partial charge in [0.2, 0.25) is 0 Å². The molecule has 0 heterocycles. The number of fused-ring (bicyclic) bond motifs is 5. The average Bonchev–Trinajstić information content (AvgIpc) is 3.04. The number of ketones is 1. The van der Waals surface area contributed by atoms with Crippen LogP contribution in [0.4, 0.5) is 0 Å². The molecule has 1 N–H and O–H groups in total. The highest BCUT2D eigenvalue weighted by atomic mass is 16.3. The Labute approximate surface area is 178 Å². The van der Waals surface area contributed by atoms with Crippen molar-refractivity contribution in [2.24, 2.45) is 34.5 Å². The van der Waals surface area contributed by atoms with E-state index in [1.54, 1.807) is 11.1 Å². The van der Waals surface area contributed by atoms with E-state index in [4.69, 9.17) is 0 Å². The molecule has 4 aliphatic rings. The molecule has 2 saturated carbocycles. The highest BCUT2D eigenvalue weighted by Crippen LogP contribution is 2.65. The maximum atomic E-state index is 12.1. The normalized spacial score (nSPS) is 42.2. The summed E-state index contributed by atoms with van der Waals surface area (Å²) in [7, 11) is 0. The number of carbonyl (C=O) groups excluding carboxylic acids is 1. The molecule has 0 bridgehead atoms. The fourth-order valence-electron chi connectivity index (χ4n) is 7.94. The molecule has 0 amide bonds. The van der Waals surface area contributed by atoms with Gasteiger partial charge in [0.15, 0.2) is 0 Å². The van der Waals surface area contributed by atoms with E-state index in [2.05, 4.69) is 39.8 Å². The first-order chi connectivity index (χ1) is 13.8. The first kappa shape index (κ1) is 21.3. The number of aliphatic hydroxyl groups excluding tert-OH is 1. The summed E-state index contributed by atoms with van der Waals surface area (Å²) in [5.41, 5.74) is 3.90. The van der Waals surface area contributed by atoms with Crippen LogP contribution >= 0.6 is 0 Å². The summed E-state index contributed by atoms with van der Waals surface area (Å²) in [4.78, 5) is 12.1. The molecule has 2 nitrogen and oxygen atoms in total. The topological polar surface area (TPSA) is 37.3 Å². The monoisotopic (exact) mass is 398 g/mol. The van der Waals surface area contributed by atoms with Crippen LogP contribution in [0.3, 0.4) is 0 Å². The third-order valence-electron chi connectivity index (χ3n) is 9.63. The third-order valence-corrected chi connectivity index (χ3v) is 9.63. The molecule has 162 valence electrons. The minimum atomic E-state index is -0.115. The fourth-order valence-corrected chi connectivity index (χ4v) is 7.94. The SMILES string of the molecule is CCCC(=O)CCC(C)C1=CCC2C3CC=C4CC(O)CCC4(C)C3CCC12C. The standard InChI is InChI=1S/C27H42O2/c1-5-6-20(28)9-7-18(2)23-11-12-24-22-10-8-19-17-21(29)13-15-26(19,3)25(22)14-16-27(23,24)4/h8,11,18,21-22,24-25,29H,5-7,9-10,12-17H2,1-4H3. The zero-order chi connectivity index (χ0) is 20.8. The molecule has 0 radical (unpaired) electrons. The number of carbonyl (C=O) groups is 1. The number of allylic oxidation sites excluding steroid dienone is 3. The molecule has 2 heteroatoms. The van der Waals surface area contributed by atoms with Crippen LogP contribution in [-0.4, -0.2) is 17.0 Å². The largest absolute Gasteiger partial charge is 0.393 e. The van der Waals surface area contributed by atoms with Crippen molar-refractivity contribution in [1.29, 1.82) is 0 Å². The molecular formula is C27H42O2. The molecule has 0 aromatic carbocycles. The summed E-state index contributed by atoms with van der Waals surface area (Å²) in [5.74, 6) is 3.34. The number of Topliss-reactive ketones (excluding diaryl/α,β-unsaturated/α-hetero) is 1. The van der Waals surface area contributed by atoms with Crippen molar-refractivity contribution in [2.45, 2.75) is 104 Å². The zero-order valence-electron chi connectivity index (χ0n) is 19.2. The van der Waals surface area contributed by atoms with Gasteiger partial charge in [-0.1, -0.05) is 51.0 Å². The van der Waals surface area contributed by atoms with E-state index >= 15 is 0 Å². The predicted molar refractivity (Wildman–Crippen MR) is 119 cm³/mol. The molecule has 2 fully saturated rings. The van der Waals surface area contributed by atoms with E-state index in [1.165, 1.54) is 32.1 Å². The van der Waals surface area contributed by atoms with Crippen molar-refractivity contribution in [2.75, 3.05) is 0 Å². The van der Waals surface area contributed by atoms with Crippen LogP contribution in [0.5, 0.6) is 0 Å². The maximum Gasteiger partial charge on any atom is 0.132 e. The van der Waals surface area contributed by atoms with Crippen molar-refractivity contribution >= 4 is 5.78 Å². The third kappa shape index (κ3) is 3.58. The van der Waals surface area contributed by atoms with Crippen molar-refractivity contribution in [3.8, 4) is 0 Å².